The van der Waals surface area contributed by atoms with Crippen LogP contribution in [0.3, 0.4) is 0 Å². The van der Waals surface area contributed by atoms with Crippen molar-refractivity contribution in [2.24, 2.45) is 5.92 Å². The van der Waals surface area contributed by atoms with Gasteiger partial charge in [-0.3, -0.25) is 14.2 Å². The van der Waals surface area contributed by atoms with Crippen LogP contribution in [-0.4, -0.2) is 27.8 Å². The van der Waals surface area contributed by atoms with Gasteiger partial charge in [-0.15, -0.1) is 0 Å². The molecule has 0 unspecified atom stereocenters. The lowest BCUT2D eigenvalue weighted by Crippen LogP contribution is -2.27. The van der Waals surface area contributed by atoms with Gasteiger partial charge >= 0.3 is 0 Å². The molecule has 0 aliphatic rings. The Balaban J connectivity index is 2.16. The number of nitriles is 1. The zero-order chi connectivity index (χ0) is 21.8. The van der Waals surface area contributed by atoms with E-state index in [1.165, 1.54) is 11.8 Å². The highest BCUT2D eigenvalue weighted by Crippen LogP contribution is 2.23. The van der Waals surface area contributed by atoms with Crippen molar-refractivity contribution < 1.29 is 4.79 Å². The Morgan fingerprint density at radius 2 is 1.90 bits per heavy atom. The van der Waals surface area contributed by atoms with Gasteiger partial charge in [0.1, 0.15) is 0 Å². The zero-order valence-electron chi connectivity index (χ0n) is 17.5. The van der Waals surface area contributed by atoms with E-state index in [1.807, 2.05) is 45.9 Å². The second-order valence-corrected chi connectivity index (χ2v) is 8.61. The molecular weight excluding hydrogens is 396 g/mol. The van der Waals surface area contributed by atoms with E-state index >= 15 is 0 Å². The molecule has 1 amide bonds. The van der Waals surface area contributed by atoms with Gasteiger partial charge in [0.05, 0.1) is 28.4 Å². The van der Waals surface area contributed by atoms with Crippen molar-refractivity contribution in [3.05, 3.63) is 63.4 Å². The van der Waals surface area contributed by atoms with E-state index in [1.54, 1.807) is 22.8 Å². The number of fused-ring (bicyclic) bond motifs is 1. The van der Waals surface area contributed by atoms with Crippen LogP contribution in [0.5, 0.6) is 0 Å². The lowest BCUT2D eigenvalue weighted by atomic mass is 10.1. The SMILES string of the molecule is Cc1cc(C)cc(-n2c(SCC#N)nc3cc(C(=O)NCC(C)C)ccc3c2=O)c1. The summed E-state index contributed by atoms with van der Waals surface area (Å²) >= 11 is 1.20. The number of nitrogens with zero attached hydrogens (tertiary/aromatic N) is 3. The van der Waals surface area contributed by atoms with E-state index in [9.17, 15) is 9.59 Å². The lowest BCUT2D eigenvalue weighted by Gasteiger charge is -2.14. The van der Waals surface area contributed by atoms with E-state index in [2.05, 4.69) is 16.4 Å². The van der Waals surface area contributed by atoms with E-state index in [0.29, 0.717) is 39.8 Å². The van der Waals surface area contributed by atoms with Crippen LogP contribution in [0.2, 0.25) is 0 Å². The fourth-order valence-electron chi connectivity index (χ4n) is 3.21. The molecule has 1 aromatic heterocycles. The second-order valence-electron chi connectivity index (χ2n) is 7.66. The van der Waals surface area contributed by atoms with Crippen LogP contribution in [0.1, 0.15) is 35.3 Å². The molecule has 30 heavy (non-hydrogen) atoms. The van der Waals surface area contributed by atoms with Crippen LogP contribution in [0.25, 0.3) is 16.6 Å². The molecule has 0 aliphatic heterocycles. The van der Waals surface area contributed by atoms with Gasteiger partial charge in [-0.25, -0.2) is 4.98 Å². The number of aromatic nitrogens is 2. The summed E-state index contributed by atoms with van der Waals surface area (Å²) in [4.78, 5) is 30.4. The molecular formula is C23H24N4O2S. The fraction of sp³-hybridized carbons (Fsp3) is 0.304. The first-order chi connectivity index (χ1) is 14.3. The molecule has 2 aromatic carbocycles. The van der Waals surface area contributed by atoms with E-state index in [0.717, 1.165) is 11.1 Å². The molecule has 0 saturated carbocycles. The van der Waals surface area contributed by atoms with Crippen molar-refractivity contribution in [2.75, 3.05) is 12.3 Å². The normalized spacial score (nSPS) is 10.9. The number of thioether (sulfide) groups is 1. The molecule has 3 rings (SSSR count). The molecule has 0 atom stereocenters. The van der Waals surface area contributed by atoms with Gasteiger partial charge in [0, 0.05) is 12.1 Å². The van der Waals surface area contributed by atoms with E-state index < -0.39 is 0 Å². The summed E-state index contributed by atoms with van der Waals surface area (Å²) in [6.07, 6.45) is 0. The Kier molecular flexibility index (Phi) is 6.58. The Morgan fingerprint density at radius 1 is 1.20 bits per heavy atom. The van der Waals surface area contributed by atoms with Crippen molar-refractivity contribution >= 4 is 28.6 Å². The highest BCUT2D eigenvalue weighted by molar-refractivity contribution is 7.99. The van der Waals surface area contributed by atoms with E-state index in [4.69, 9.17) is 5.26 Å². The topological polar surface area (TPSA) is 87.8 Å². The molecule has 0 radical (unpaired) electrons. The van der Waals surface area contributed by atoms with Crippen molar-refractivity contribution in [1.29, 1.82) is 5.26 Å². The minimum absolute atomic E-state index is 0.164. The standard InChI is InChI=1S/C23H24N4O2S/c1-14(2)13-25-21(28)17-5-6-19-20(12-17)26-23(30-8-7-24)27(22(19)29)18-10-15(3)9-16(4)11-18/h5-6,9-12,14H,8,13H2,1-4H3,(H,25,28). The average molecular weight is 421 g/mol. The van der Waals surface area contributed by atoms with Crippen LogP contribution in [-0.2, 0) is 0 Å². The summed E-state index contributed by atoms with van der Waals surface area (Å²) < 4.78 is 1.54. The molecule has 1 heterocycles. The van der Waals surface area contributed by atoms with E-state index in [-0.39, 0.29) is 17.2 Å². The van der Waals surface area contributed by atoms with Gasteiger partial charge in [0.2, 0.25) is 0 Å². The lowest BCUT2D eigenvalue weighted by molar-refractivity contribution is 0.0949. The quantitative estimate of drug-likeness (QED) is 0.481. The van der Waals surface area contributed by atoms with Crippen molar-refractivity contribution in [3.63, 3.8) is 0 Å². The molecule has 154 valence electrons. The largest absolute Gasteiger partial charge is 0.352 e. The number of carbonyl (C=O) groups excluding carboxylic acids is 1. The molecule has 7 heteroatoms. The highest BCUT2D eigenvalue weighted by Gasteiger charge is 2.16. The number of hydrogen-bond donors (Lipinski definition) is 1. The number of benzene rings is 2. The zero-order valence-corrected chi connectivity index (χ0v) is 18.3. The maximum absolute atomic E-state index is 13.4. The number of carbonyl (C=O) groups is 1. The Morgan fingerprint density at radius 3 is 2.53 bits per heavy atom. The summed E-state index contributed by atoms with van der Waals surface area (Å²) in [5, 5.41) is 12.8. The van der Waals surface area contributed by atoms with Crippen LogP contribution >= 0.6 is 11.8 Å². The average Bonchev–Trinajstić information content (AvgIpc) is 2.69. The molecule has 0 aliphatic carbocycles. The molecule has 1 N–H and O–H groups in total. The summed E-state index contributed by atoms with van der Waals surface area (Å²) in [5.74, 6) is 0.306. The molecule has 6 nitrogen and oxygen atoms in total. The Labute approximate surface area is 179 Å². The summed E-state index contributed by atoms with van der Waals surface area (Å²) in [6, 6.07) is 12.9. The monoisotopic (exact) mass is 420 g/mol. The Bertz CT molecular complexity index is 1190. The molecule has 0 saturated heterocycles. The van der Waals surface area contributed by atoms with Crippen molar-refractivity contribution in [3.8, 4) is 11.8 Å². The van der Waals surface area contributed by atoms with Gasteiger partial charge in [-0.2, -0.15) is 5.26 Å². The van der Waals surface area contributed by atoms with Gasteiger partial charge in [-0.05, 0) is 61.2 Å². The number of nitrogens with one attached hydrogen (secondary N) is 1. The third-order valence-electron chi connectivity index (χ3n) is 4.50. The second kappa shape index (κ2) is 9.14. The molecule has 3 aromatic rings. The van der Waals surface area contributed by atoms with Crippen LogP contribution in [0.4, 0.5) is 0 Å². The minimum Gasteiger partial charge on any atom is -0.352 e. The number of aryl methyl sites for hydroxylation is 2. The summed E-state index contributed by atoms with van der Waals surface area (Å²) in [6.45, 7) is 8.56. The highest BCUT2D eigenvalue weighted by atomic mass is 32.2. The number of rotatable bonds is 6. The van der Waals surface area contributed by atoms with Gasteiger partial charge in [0.15, 0.2) is 5.16 Å². The first-order valence-corrected chi connectivity index (χ1v) is 10.7. The van der Waals surface area contributed by atoms with Crippen molar-refractivity contribution in [1.82, 2.24) is 14.9 Å². The number of amides is 1. The van der Waals surface area contributed by atoms with Gasteiger partial charge in [-0.1, -0.05) is 31.7 Å². The van der Waals surface area contributed by atoms with Gasteiger partial charge < -0.3 is 5.32 Å². The third kappa shape index (κ3) is 4.71. The third-order valence-corrected chi connectivity index (χ3v) is 5.31. The smallest absolute Gasteiger partial charge is 0.266 e. The minimum atomic E-state index is -0.223. The first kappa shape index (κ1) is 21.6. The summed E-state index contributed by atoms with van der Waals surface area (Å²) in [5.41, 5.74) is 3.45. The predicted octanol–water partition coefficient (Wildman–Crippen LogP) is 4.00. The van der Waals surface area contributed by atoms with Crippen molar-refractivity contribution in [2.45, 2.75) is 32.9 Å². The number of hydrogen-bond acceptors (Lipinski definition) is 5. The molecule has 0 spiro atoms. The van der Waals surface area contributed by atoms with Crippen LogP contribution < -0.4 is 10.9 Å². The predicted molar refractivity (Wildman–Crippen MR) is 120 cm³/mol. The van der Waals surface area contributed by atoms with Gasteiger partial charge in [0.25, 0.3) is 11.5 Å². The Hall–Kier alpha value is -3.11. The molecule has 0 fully saturated rings. The fourth-order valence-corrected chi connectivity index (χ4v) is 3.88. The van der Waals surface area contributed by atoms with Crippen LogP contribution in [0, 0.1) is 31.1 Å². The molecule has 0 bridgehead atoms. The maximum atomic E-state index is 13.4. The maximum Gasteiger partial charge on any atom is 0.266 e. The first-order valence-electron chi connectivity index (χ1n) is 9.73. The van der Waals surface area contributed by atoms with Crippen LogP contribution in [0.15, 0.2) is 46.3 Å². The summed E-state index contributed by atoms with van der Waals surface area (Å²) in [7, 11) is 0.